The fourth-order valence-corrected chi connectivity index (χ4v) is 2.85. The van der Waals surface area contributed by atoms with E-state index in [1.807, 2.05) is 13.8 Å². The lowest BCUT2D eigenvalue weighted by molar-refractivity contribution is 0.391. The summed E-state index contributed by atoms with van der Waals surface area (Å²) in [7, 11) is -3.41. The quantitative estimate of drug-likeness (QED) is 0.750. The SMILES string of the molecule is CCC(N)(CC)CNS(=O)(=O)Cc1ccc(Cl)nc1. The Morgan fingerprint density at radius 3 is 2.47 bits per heavy atom. The molecule has 0 saturated heterocycles. The summed E-state index contributed by atoms with van der Waals surface area (Å²) < 4.78 is 26.4. The highest BCUT2D eigenvalue weighted by molar-refractivity contribution is 7.88. The molecule has 1 heterocycles. The molecule has 0 fully saturated rings. The van der Waals surface area contributed by atoms with E-state index in [9.17, 15) is 8.42 Å². The molecule has 0 aliphatic heterocycles. The minimum absolute atomic E-state index is 0.124. The van der Waals surface area contributed by atoms with Crippen molar-refractivity contribution in [2.24, 2.45) is 5.73 Å². The van der Waals surface area contributed by atoms with Gasteiger partial charge in [0.2, 0.25) is 10.0 Å². The normalized spacial score (nSPS) is 12.6. The molecular weight excluding hydrogens is 286 g/mol. The number of nitrogens with two attached hydrogens (primary N) is 1. The Morgan fingerprint density at radius 2 is 2.00 bits per heavy atom. The van der Waals surface area contributed by atoms with Crippen LogP contribution in [0.15, 0.2) is 18.3 Å². The van der Waals surface area contributed by atoms with Crippen molar-refractivity contribution in [3.05, 3.63) is 29.0 Å². The summed E-state index contributed by atoms with van der Waals surface area (Å²) in [6.45, 7) is 4.13. The fraction of sp³-hybridized carbons (Fsp3) is 0.583. The van der Waals surface area contributed by atoms with Gasteiger partial charge in [0.1, 0.15) is 5.15 Å². The van der Waals surface area contributed by atoms with E-state index >= 15 is 0 Å². The molecule has 1 aromatic heterocycles. The van der Waals surface area contributed by atoms with Crippen molar-refractivity contribution in [2.45, 2.75) is 38.0 Å². The van der Waals surface area contributed by atoms with Gasteiger partial charge in [-0.25, -0.2) is 18.1 Å². The van der Waals surface area contributed by atoms with Gasteiger partial charge in [0.15, 0.2) is 0 Å². The summed E-state index contributed by atoms with van der Waals surface area (Å²) in [6, 6.07) is 3.21. The summed E-state index contributed by atoms with van der Waals surface area (Å²) in [4.78, 5) is 3.85. The highest BCUT2D eigenvalue weighted by Gasteiger charge is 2.23. The molecule has 0 saturated carbocycles. The monoisotopic (exact) mass is 305 g/mol. The largest absolute Gasteiger partial charge is 0.324 e. The van der Waals surface area contributed by atoms with Crippen LogP contribution in [0.25, 0.3) is 0 Å². The number of nitrogens with zero attached hydrogens (tertiary/aromatic N) is 1. The van der Waals surface area contributed by atoms with E-state index in [0.717, 1.165) is 0 Å². The van der Waals surface area contributed by atoms with Crippen molar-refractivity contribution in [3.63, 3.8) is 0 Å². The third-order valence-electron chi connectivity index (χ3n) is 3.20. The zero-order valence-corrected chi connectivity index (χ0v) is 12.8. The molecule has 1 rings (SSSR count). The summed E-state index contributed by atoms with van der Waals surface area (Å²) in [6.07, 6.45) is 2.89. The molecule has 0 radical (unpaired) electrons. The van der Waals surface area contributed by atoms with Crippen molar-refractivity contribution < 1.29 is 8.42 Å². The number of hydrogen-bond acceptors (Lipinski definition) is 4. The smallest absolute Gasteiger partial charge is 0.215 e. The molecule has 0 amide bonds. The maximum Gasteiger partial charge on any atom is 0.215 e. The molecule has 3 N–H and O–H groups in total. The van der Waals surface area contributed by atoms with Crippen LogP contribution in [0, 0.1) is 0 Å². The lowest BCUT2D eigenvalue weighted by Gasteiger charge is -2.26. The minimum atomic E-state index is -3.41. The van der Waals surface area contributed by atoms with Crippen molar-refractivity contribution in [1.82, 2.24) is 9.71 Å². The van der Waals surface area contributed by atoms with Gasteiger partial charge in [-0.05, 0) is 24.5 Å². The van der Waals surface area contributed by atoms with E-state index in [1.165, 1.54) is 6.20 Å². The molecule has 5 nitrogen and oxygen atoms in total. The van der Waals surface area contributed by atoms with Crippen LogP contribution in [0.3, 0.4) is 0 Å². The first kappa shape index (κ1) is 16.4. The molecule has 0 aliphatic carbocycles. The van der Waals surface area contributed by atoms with Gasteiger partial charge >= 0.3 is 0 Å². The maximum absolute atomic E-state index is 11.9. The molecule has 0 spiro atoms. The number of pyridine rings is 1. The number of nitrogens with one attached hydrogen (secondary N) is 1. The average molecular weight is 306 g/mol. The van der Waals surface area contributed by atoms with Gasteiger partial charge in [-0.1, -0.05) is 31.5 Å². The molecular formula is C12H20ClN3O2S. The molecule has 19 heavy (non-hydrogen) atoms. The maximum atomic E-state index is 11.9. The highest BCUT2D eigenvalue weighted by atomic mass is 35.5. The van der Waals surface area contributed by atoms with Crippen LogP contribution >= 0.6 is 11.6 Å². The third-order valence-corrected chi connectivity index (χ3v) is 4.72. The number of rotatable bonds is 7. The van der Waals surface area contributed by atoms with E-state index in [4.69, 9.17) is 17.3 Å². The Bertz CT molecular complexity index is 498. The standard InChI is InChI=1S/C12H20ClN3O2S/c1-3-12(14,4-2)9-16-19(17,18)8-10-5-6-11(13)15-7-10/h5-7,16H,3-4,8-9,14H2,1-2H3. The zero-order chi connectivity index (χ0) is 14.5. The van der Waals surface area contributed by atoms with Crippen molar-refractivity contribution >= 4 is 21.6 Å². The minimum Gasteiger partial charge on any atom is -0.324 e. The average Bonchev–Trinajstić information content (AvgIpc) is 2.39. The van der Waals surface area contributed by atoms with E-state index < -0.39 is 15.6 Å². The van der Waals surface area contributed by atoms with Gasteiger partial charge in [-0.2, -0.15) is 0 Å². The van der Waals surface area contributed by atoms with E-state index in [0.29, 0.717) is 23.6 Å². The summed E-state index contributed by atoms with van der Waals surface area (Å²) in [5.74, 6) is -0.124. The van der Waals surface area contributed by atoms with Gasteiger partial charge in [-0.15, -0.1) is 0 Å². The first-order chi connectivity index (χ1) is 8.80. The summed E-state index contributed by atoms with van der Waals surface area (Å²) in [5.41, 5.74) is 6.16. The lowest BCUT2D eigenvalue weighted by atomic mass is 9.95. The van der Waals surface area contributed by atoms with Crippen LogP contribution in [0.5, 0.6) is 0 Å². The molecule has 0 aromatic carbocycles. The second kappa shape index (κ2) is 6.65. The Kier molecular flexibility index (Phi) is 5.73. The highest BCUT2D eigenvalue weighted by Crippen LogP contribution is 2.12. The summed E-state index contributed by atoms with van der Waals surface area (Å²) >= 11 is 5.65. The zero-order valence-electron chi connectivity index (χ0n) is 11.2. The number of sulfonamides is 1. The van der Waals surface area contributed by atoms with Gasteiger partial charge in [0, 0.05) is 18.3 Å². The molecule has 0 unspecified atom stereocenters. The Labute approximate surface area is 119 Å². The molecule has 0 atom stereocenters. The van der Waals surface area contributed by atoms with Crippen molar-refractivity contribution in [2.75, 3.05) is 6.54 Å². The second-order valence-corrected chi connectivity index (χ2v) is 6.83. The number of hydrogen-bond donors (Lipinski definition) is 2. The lowest BCUT2D eigenvalue weighted by Crippen LogP contribution is -2.49. The van der Waals surface area contributed by atoms with Crippen molar-refractivity contribution in [1.29, 1.82) is 0 Å². The third kappa shape index (κ3) is 5.44. The second-order valence-electron chi connectivity index (χ2n) is 4.64. The molecule has 0 aliphatic rings. The van der Waals surface area contributed by atoms with Gasteiger partial charge in [0.25, 0.3) is 0 Å². The van der Waals surface area contributed by atoms with E-state index in [1.54, 1.807) is 12.1 Å². The van der Waals surface area contributed by atoms with Crippen LogP contribution in [0.1, 0.15) is 32.3 Å². The van der Waals surface area contributed by atoms with Gasteiger partial charge in [0.05, 0.1) is 5.75 Å². The van der Waals surface area contributed by atoms with Gasteiger partial charge in [-0.3, -0.25) is 0 Å². The Morgan fingerprint density at radius 1 is 1.37 bits per heavy atom. The number of halogens is 1. The van der Waals surface area contributed by atoms with Crippen molar-refractivity contribution in [3.8, 4) is 0 Å². The predicted octanol–water partition coefficient (Wildman–Crippen LogP) is 1.67. The van der Waals surface area contributed by atoms with Gasteiger partial charge < -0.3 is 5.73 Å². The van der Waals surface area contributed by atoms with Crippen LogP contribution in [-0.4, -0.2) is 25.5 Å². The van der Waals surface area contributed by atoms with Crippen LogP contribution in [0.2, 0.25) is 5.15 Å². The number of aromatic nitrogens is 1. The molecule has 108 valence electrons. The fourth-order valence-electron chi connectivity index (χ4n) is 1.52. The first-order valence-corrected chi connectivity index (χ1v) is 8.20. The molecule has 7 heteroatoms. The first-order valence-electron chi connectivity index (χ1n) is 6.17. The molecule has 0 bridgehead atoms. The topological polar surface area (TPSA) is 85.1 Å². The van der Waals surface area contributed by atoms with Crippen LogP contribution in [0.4, 0.5) is 0 Å². The van der Waals surface area contributed by atoms with E-state index in [2.05, 4.69) is 9.71 Å². The van der Waals surface area contributed by atoms with Crippen LogP contribution < -0.4 is 10.5 Å². The van der Waals surface area contributed by atoms with Crippen LogP contribution in [-0.2, 0) is 15.8 Å². The summed E-state index contributed by atoms with van der Waals surface area (Å²) in [5, 5.41) is 0.340. The van der Waals surface area contributed by atoms with E-state index in [-0.39, 0.29) is 12.3 Å². The Hall–Kier alpha value is -0.690. The Balaban J connectivity index is 2.64. The predicted molar refractivity (Wildman–Crippen MR) is 77.4 cm³/mol. The molecule has 1 aromatic rings.